The van der Waals surface area contributed by atoms with E-state index in [0.29, 0.717) is 27.9 Å². The molecule has 24 heavy (non-hydrogen) atoms. The molecule has 2 N–H and O–H groups in total. The van der Waals surface area contributed by atoms with Crippen molar-refractivity contribution in [1.82, 2.24) is 14.8 Å². The fourth-order valence-electron chi connectivity index (χ4n) is 3.03. The van der Waals surface area contributed by atoms with E-state index in [0.717, 1.165) is 11.1 Å². The molecule has 5 rings (SSSR count). The van der Waals surface area contributed by atoms with Gasteiger partial charge in [-0.3, -0.25) is 4.79 Å². The maximum absolute atomic E-state index is 12.9. The highest BCUT2D eigenvalue weighted by Gasteiger charge is 2.15. The smallest absolute Gasteiger partial charge is 0.284 e. The molecule has 0 unspecified atom stereocenters. The van der Waals surface area contributed by atoms with Gasteiger partial charge in [0.05, 0.1) is 17.1 Å². The van der Waals surface area contributed by atoms with E-state index in [1.165, 1.54) is 4.68 Å². The number of aromatic amines is 1. The van der Waals surface area contributed by atoms with Gasteiger partial charge in [0.2, 0.25) is 5.88 Å². The van der Waals surface area contributed by atoms with Gasteiger partial charge < -0.3 is 14.5 Å². The molecule has 3 aromatic rings. The number of benzene rings is 1. The maximum atomic E-state index is 12.9. The first-order valence-corrected chi connectivity index (χ1v) is 7.42. The second kappa shape index (κ2) is 4.48. The summed E-state index contributed by atoms with van der Waals surface area (Å²) in [6.45, 7) is 0. The van der Waals surface area contributed by atoms with Crippen molar-refractivity contribution in [3.63, 3.8) is 0 Å². The van der Waals surface area contributed by atoms with Gasteiger partial charge in [-0.2, -0.15) is 9.78 Å². The predicted octanol–water partition coefficient (Wildman–Crippen LogP) is 3.27. The molecule has 0 atom stereocenters. The second-order valence-corrected chi connectivity index (χ2v) is 5.62. The van der Waals surface area contributed by atoms with Crippen LogP contribution >= 0.6 is 0 Å². The van der Waals surface area contributed by atoms with Crippen LogP contribution < -0.4 is 5.56 Å². The molecule has 1 aromatic carbocycles. The topological polar surface area (TPSA) is 84.0 Å². The number of aromatic hydroxyl groups is 1. The van der Waals surface area contributed by atoms with Crippen molar-refractivity contribution in [3.8, 4) is 23.0 Å². The van der Waals surface area contributed by atoms with Gasteiger partial charge in [0.1, 0.15) is 11.5 Å². The summed E-state index contributed by atoms with van der Waals surface area (Å²) in [6.07, 6.45) is 1.58. The van der Waals surface area contributed by atoms with Crippen molar-refractivity contribution in [2.75, 3.05) is 0 Å². The van der Waals surface area contributed by atoms with E-state index < -0.39 is 0 Å². The van der Waals surface area contributed by atoms with Crippen molar-refractivity contribution in [3.05, 3.63) is 65.1 Å². The third-order valence-corrected chi connectivity index (χ3v) is 4.16. The zero-order valence-electron chi connectivity index (χ0n) is 12.4. The van der Waals surface area contributed by atoms with E-state index >= 15 is 0 Å². The number of H-pyrrole nitrogens is 1. The molecule has 0 saturated carbocycles. The predicted molar refractivity (Wildman–Crippen MR) is 89.7 cm³/mol. The van der Waals surface area contributed by atoms with Gasteiger partial charge in [-0.25, -0.2) is 0 Å². The number of hydrogen-bond acceptors (Lipinski definition) is 4. The Labute approximate surface area is 134 Å². The molecule has 1 aliphatic heterocycles. The Kier molecular flexibility index (Phi) is 2.42. The molecule has 2 aromatic heterocycles. The molecular weight excluding hydrogens is 306 g/mol. The summed E-state index contributed by atoms with van der Waals surface area (Å²) in [5.41, 5.74) is 2.04. The highest BCUT2D eigenvalue weighted by Crippen LogP contribution is 2.27. The molecule has 0 radical (unpaired) electrons. The van der Waals surface area contributed by atoms with Crippen molar-refractivity contribution in [2.45, 2.75) is 0 Å². The Morgan fingerprint density at radius 1 is 1.08 bits per heavy atom. The van der Waals surface area contributed by atoms with E-state index in [9.17, 15) is 9.90 Å². The minimum atomic E-state index is -0.306. The lowest BCUT2D eigenvalue weighted by Crippen LogP contribution is -2.20. The van der Waals surface area contributed by atoms with Crippen LogP contribution in [0.25, 0.3) is 39.0 Å². The van der Waals surface area contributed by atoms with Crippen LogP contribution in [0.1, 0.15) is 0 Å². The van der Waals surface area contributed by atoms with Crippen molar-refractivity contribution in [2.24, 2.45) is 0 Å². The summed E-state index contributed by atoms with van der Waals surface area (Å²) in [6, 6.07) is 14.1. The summed E-state index contributed by atoms with van der Waals surface area (Å²) in [5, 5.41) is 15.0. The van der Waals surface area contributed by atoms with E-state index in [1.54, 1.807) is 30.5 Å². The number of aromatic nitrogens is 3. The van der Waals surface area contributed by atoms with Gasteiger partial charge >= 0.3 is 0 Å². The molecule has 3 heterocycles. The number of phenolic OH excluding ortho intramolecular Hbond substituents is 1. The number of nitrogens with zero attached hydrogens (tertiary/aromatic N) is 2. The Bertz CT molecular complexity index is 1250. The molecule has 0 amide bonds. The van der Waals surface area contributed by atoms with Crippen molar-refractivity contribution in [1.29, 1.82) is 0 Å². The molecule has 1 aliphatic carbocycles. The van der Waals surface area contributed by atoms with Gasteiger partial charge in [-0.05, 0) is 30.3 Å². The van der Waals surface area contributed by atoms with Gasteiger partial charge in [0.25, 0.3) is 5.56 Å². The normalized spacial score (nSPS) is 11.7. The highest BCUT2D eigenvalue weighted by molar-refractivity contribution is 6.06. The minimum Gasteiger partial charge on any atom is -0.508 e. The van der Waals surface area contributed by atoms with Crippen LogP contribution in [-0.4, -0.2) is 19.9 Å². The van der Waals surface area contributed by atoms with E-state index in [2.05, 4.69) is 10.1 Å². The first kappa shape index (κ1) is 13.0. The lowest BCUT2D eigenvalue weighted by atomic mass is 10.2. The van der Waals surface area contributed by atoms with Crippen LogP contribution in [0.4, 0.5) is 0 Å². The number of phenols is 1. The van der Waals surface area contributed by atoms with Gasteiger partial charge in [0.15, 0.2) is 0 Å². The minimum absolute atomic E-state index is 0.106. The quantitative estimate of drug-likeness (QED) is 0.497. The van der Waals surface area contributed by atoms with Crippen LogP contribution in [0.15, 0.2) is 63.9 Å². The molecule has 6 heteroatoms. The number of rotatable bonds is 1. The van der Waals surface area contributed by atoms with Crippen LogP contribution in [0.2, 0.25) is 0 Å². The zero-order chi connectivity index (χ0) is 16.3. The van der Waals surface area contributed by atoms with Crippen molar-refractivity contribution < 1.29 is 9.52 Å². The summed E-state index contributed by atoms with van der Waals surface area (Å²) in [5.74, 6) is 1.14. The Hall–Kier alpha value is -3.54. The van der Waals surface area contributed by atoms with Gasteiger partial charge in [0, 0.05) is 22.5 Å². The van der Waals surface area contributed by atoms with E-state index in [4.69, 9.17) is 4.42 Å². The summed E-state index contributed by atoms with van der Waals surface area (Å²) < 4.78 is 7.00. The Morgan fingerprint density at radius 2 is 2.00 bits per heavy atom. The molecular formula is C18H11N3O3. The number of hydrogen-bond donors (Lipinski definition) is 2. The molecule has 116 valence electrons. The average molecular weight is 317 g/mol. The Balaban J connectivity index is 1.85. The van der Waals surface area contributed by atoms with Crippen LogP contribution in [0, 0.1) is 0 Å². The van der Waals surface area contributed by atoms with Crippen LogP contribution in [-0.2, 0) is 0 Å². The SMILES string of the molecule is O=c1c2c(cnn1-c1ccc3cccc-3o1)[nH]c1ccc(O)cc12. The van der Waals surface area contributed by atoms with Crippen molar-refractivity contribution >= 4 is 21.8 Å². The monoisotopic (exact) mass is 317 g/mol. The third kappa shape index (κ3) is 1.70. The summed E-state index contributed by atoms with van der Waals surface area (Å²) in [4.78, 5) is 16.1. The average Bonchev–Trinajstić information content (AvgIpc) is 3.18. The van der Waals surface area contributed by atoms with E-state index in [1.807, 2.05) is 24.3 Å². The number of nitrogens with one attached hydrogen (secondary N) is 1. The largest absolute Gasteiger partial charge is 0.508 e. The van der Waals surface area contributed by atoms with Crippen LogP contribution in [0.5, 0.6) is 5.75 Å². The molecule has 6 nitrogen and oxygen atoms in total. The first-order chi connectivity index (χ1) is 11.7. The van der Waals surface area contributed by atoms with Gasteiger partial charge in [-0.15, -0.1) is 0 Å². The fourth-order valence-corrected chi connectivity index (χ4v) is 3.03. The first-order valence-electron chi connectivity index (χ1n) is 7.42. The molecule has 0 saturated heterocycles. The van der Waals surface area contributed by atoms with Gasteiger partial charge in [-0.1, -0.05) is 12.1 Å². The summed E-state index contributed by atoms with van der Waals surface area (Å²) in [7, 11) is 0. The van der Waals surface area contributed by atoms with E-state index in [-0.39, 0.29) is 11.3 Å². The standard InChI is InChI=1S/C18H11N3O3/c22-11-5-6-13-12(8-11)17-14(20-13)9-19-21(18(17)23)16-7-4-10-2-1-3-15(10)24-16/h1-9,20,22H. The Morgan fingerprint density at radius 3 is 2.92 bits per heavy atom. The fraction of sp³-hybridized carbons (Fsp3) is 0. The molecule has 0 bridgehead atoms. The lowest BCUT2D eigenvalue weighted by molar-refractivity contribution is 0.476. The zero-order valence-corrected chi connectivity index (χ0v) is 12.4. The number of fused-ring (bicyclic) bond motifs is 4. The van der Waals surface area contributed by atoms with Crippen LogP contribution in [0.3, 0.4) is 0 Å². The summed E-state index contributed by atoms with van der Waals surface area (Å²) >= 11 is 0. The maximum Gasteiger partial charge on any atom is 0.284 e. The second-order valence-electron chi connectivity index (χ2n) is 5.62. The molecule has 0 fully saturated rings. The molecule has 0 spiro atoms. The highest BCUT2D eigenvalue weighted by atomic mass is 16.4. The lowest BCUT2D eigenvalue weighted by Gasteiger charge is -2.06. The molecule has 2 aliphatic rings. The third-order valence-electron chi connectivity index (χ3n) is 4.16.